The molecule has 0 bridgehead atoms. The van der Waals surface area contributed by atoms with Gasteiger partial charge in [-0.05, 0) is 44.4 Å². The maximum Gasteiger partial charge on any atom is 0.211 e. The standard InChI is InChI=1S/C13H24N2O2S/c1-18(16,17)15-8-2-3-12(10-15)9-11-4-6-13(14)7-5-11/h9,12-13H,2-8,10,14H2,1H3. The van der Waals surface area contributed by atoms with Gasteiger partial charge in [0, 0.05) is 19.1 Å². The van der Waals surface area contributed by atoms with Gasteiger partial charge < -0.3 is 5.73 Å². The summed E-state index contributed by atoms with van der Waals surface area (Å²) in [6, 6.07) is 0.362. The van der Waals surface area contributed by atoms with Crippen LogP contribution in [-0.4, -0.2) is 38.1 Å². The van der Waals surface area contributed by atoms with Crippen molar-refractivity contribution in [3.8, 4) is 0 Å². The molecule has 0 amide bonds. The average Bonchev–Trinajstić information content (AvgIpc) is 2.31. The minimum absolute atomic E-state index is 0.362. The van der Waals surface area contributed by atoms with Gasteiger partial charge in [-0.3, -0.25) is 0 Å². The second kappa shape index (κ2) is 5.72. The summed E-state index contributed by atoms with van der Waals surface area (Å²) in [5.41, 5.74) is 7.38. The van der Waals surface area contributed by atoms with Crippen LogP contribution in [0.2, 0.25) is 0 Å². The molecule has 1 aliphatic heterocycles. The summed E-state index contributed by atoms with van der Waals surface area (Å²) < 4.78 is 24.7. The van der Waals surface area contributed by atoms with Crippen LogP contribution in [0.4, 0.5) is 0 Å². The number of sulfonamides is 1. The molecule has 1 saturated carbocycles. The van der Waals surface area contributed by atoms with Gasteiger partial charge in [-0.25, -0.2) is 12.7 Å². The second-order valence-electron chi connectivity index (χ2n) is 5.69. The molecule has 1 heterocycles. The molecule has 2 fully saturated rings. The maximum absolute atomic E-state index is 11.6. The Bertz CT molecular complexity index is 407. The summed E-state index contributed by atoms with van der Waals surface area (Å²) in [6.45, 7) is 1.35. The van der Waals surface area contributed by atoms with Gasteiger partial charge in [0.2, 0.25) is 10.0 Å². The normalized spacial score (nSPS) is 31.3. The van der Waals surface area contributed by atoms with Crippen molar-refractivity contribution >= 4 is 10.0 Å². The predicted octanol–water partition coefficient (Wildman–Crippen LogP) is 1.49. The second-order valence-corrected chi connectivity index (χ2v) is 7.67. The van der Waals surface area contributed by atoms with E-state index in [1.54, 1.807) is 4.31 Å². The average molecular weight is 272 g/mol. The van der Waals surface area contributed by atoms with Crippen molar-refractivity contribution in [2.45, 2.75) is 44.6 Å². The molecular weight excluding hydrogens is 248 g/mol. The van der Waals surface area contributed by atoms with Crippen LogP contribution in [0.3, 0.4) is 0 Å². The summed E-state index contributed by atoms with van der Waals surface area (Å²) in [6.07, 6.45) is 10.1. The molecule has 2 rings (SSSR count). The lowest BCUT2D eigenvalue weighted by Crippen LogP contribution is -2.38. The number of rotatable bonds is 2. The zero-order chi connectivity index (χ0) is 13.2. The van der Waals surface area contributed by atoms with Crippen molar-refractivity contribution in [3.05, 3.63) is 11.6 Å². The highest BCUT2D eigenvalue weighted by Crippen LogP contribution is 2.27. The van der Waals surface area contributed by atoms with E-state index < -0.39 is 10.0 Å². The molecule has 1 atom stereocenters. The van der Waals surface area contributed by atoms with Gasteiger partial charge in [-0.15, -0.1) is 0 Å². The highest BCUT2D eigenvalue weighted by molar-refractivity contribution is 7.88. The van der Waals surface area contributed by atoms with E-state index in [2.05, 4.69) is 6.08 Å². The van der Waals surface area contributed by atoms with E-state index in [1.807, 2.05) is 0 Å². The largest absolute Gasteiger partial charge is 0.328 e. The van der Waals surface area contributed by atoms with Gasteiger partial charge in [0.05, 0.1) is 6.26 Å². The molecule has 1 saturated heterocycles. The number of hydrogen-bond donors (Lipinski definition) is 1. The quantitative estimate of drug-likeness (QED) is 0.775. The van der Waals surface area contributed by atoms with Crippen molar-refractivity contribution in [1.82, 2.24) is 4.31 Å². The Morgan fingerprint density at radius 2 is 1.94 bits per heavy atom. The van der Waals surface area contributed by atoms with E-state index >= 15 is 0 Å². The zero-order valence-corrected chi connectivity index (χ0v) is 12.0. The summed E-state index contributed by atoms with van der Waals surface area (Å²) in [5.74, 6) is 0.401. The fourth-order valence-electron chi connectivity index (χ4n) is 2.92. The summed E-state index contributed by atoms with van der Waals surface area (Å²) in [7, 11) is -3.02. The first-order chi connectivity index (χ1) is 8.45. The fourth-order valence-corrected chi connectivity index (χ4v) is 3.85. The molecule has 18 heavy (non-hydrogen) atoms. The fraction of sp³-hybridized carbons (Fsp3) is 0.846. The number of hydrogen-bond acceptors (Lipinski definition) is 3. The third-order valence-electron chi connectivity index (χ3n) is 4.03. The van der Waals surface area contributed by atoms with Gasteiger partial charge in [-0.1, -0.05) is 11.6 Å². The third-order valence-corrected chi connectivity index (χ3v) is 5.30. The molecule has 0 spiro atoms. The topological polar surface area (TPSA) is 63.4 Å². The Kier molecular flexibility index (Phi) is 4.45. The van der Waals surface area contributed by atoms with Gasteiger partial charge in [0.15, 0.2) is 0 Å². The Hall–Kier alpha value is -0.390. The number of nitrogens with zero attached hydrogens (tertiary/aromatic N) is 1. The molecule has 0 radical (unpaired) electrons. The summed E-state index contributed by atoms with van der Waals surface area (Å²) >= 11 is 0. The van der Waals surface area contributed by atoms with Crippen LogP contribution in [0.25, 0.3) is 0 Å². The number of piperidine rings is 1. The molecule has 2 N–H and O–H groups in total. The van der Waals surface area contributed by atoms with E-state index in [4.69, 9.17) is 5.73 Å². The van der Waals surface area contributed by atoms with Gasteiger partial charge >= 0.3 is 0 Å². The molecule has 1 unspecified atom stereocenters. The van der Waals surface area contributed by atoms with Crippen LogP contribution < -0.4 is 5.73 Å². The van der Waals surface area contributed by atoms with Crippen LogP contribution in [-0.2, 0) is 10.0 Å². The van der Waals surface area contributed by atoms with Crippen LogP contribution in [0, 0.1) is 5.92 Å². The first-order valence-electron chi connectivity index (χ1n) is 6.85. The van der Waals surface area contributed by atoms with Crippen LogP contribution in [0.15, 0.2) is 11.6 Å². The van der Waals surface area contributed by atoms with Crippen molar-refractivity contribution < 1.29 is 8.42 Å². The van der Waals surface area contributed by atoms with E-state index in [0.717, 1.165) is 38.5 Å². The van der Waals surface area contributed by atoms with Gasteiger partial charge in [-0.2, -0.15) is 0 Å². The first-order valence-corrected chi connectivity index (χ1v) is 8.70. The highest BCUT2D eigenvalue weighted by Gasteiger charge is 2.25. The Labute approximate surface area is 110 Å². The smallest absolute Gasteiger partial charge is 0.211 e. The number of nitrogens with two attached hydrogens (primary N) is 1. The lowest BCUT2D eigenvalue weighted by molar-refractivity contribution is 0.300. The lowest BCUT2D eigenvalue weighted by Gasteiger charge is -2.30. The minimum atomic E-state index is -3.02. The molecule has 5 heteroatoms. The molecule has 0 aromatic heterocycles. The van der Waals surface area contributed by atoms with E-state index in [1.165, 1.54) is 11.8 Å². The molecule has 1 aliphatic carbocycles. The van der Waals surface area contributed by atoms with Crippen molar-refractivity contribution in [2.75, 3.05) is 19.3 Å². The molecule has 0 aromatic rings. The van der Waals surface area contributed by atoms with Crippen molar-refractivity contribution in [3.63, 3.8) is 0 Å². The van der Waals surface area contributed by atoms with Crippen LogP contribution in [0.5, 0.6) is 0 Å². The molecule has 0 aromatic carbocycles. The number of allylic oxidation sites excluding steroid dienone is 1. The molecule has 4 nitrogen and oxygen atoms in total. The monoisotopic (exact) mass is 272 g/mol. The SMILES string of the molecule is CS(=O)(=O)N1CCCC(C=C2CCC(N)CC2)C1. The summed E-state index contributed by atoms with van der Waals surface area (Å²) in [4.78, 5) is 0. The van der Waals surface area contributed by atoms with Crippen LogP contribution in [0.1, 0.15) is 38.5 Å². The summed E-state index contributed by atoms with van der Waals surface area (Å²) in [5, 5.41) is 0. The van der Waals surface area contributed by atoms with E-state index in [0.29, 0.717) is 25.0 Å². The zero-order valence-electron chi connectivity index (χ0n) is 11.1. The Balaban J connectivity index is 1.95. The molecule has 104 valence electrons. The third kappa shape index (κ3) is 3.80. The predicted molar refractivity (Wildman–Crippen MR) is 73.7 cm³/mol. The molecular formula is C13H24N2O2S. The Morgan fingerprint density at radius 3 is 2.56 bits per heavy atom. The maximum atomic E-state index is 11.6. The van der Waals surface area contributed by atoms with Gasteiger partial charge in [0.25, 0.3) is 0 Å². The van der Waals surface area contributed by atoms with Crippen LogP contribution >= 0.6 is 0 Å². The van der Waals surface area contributed by atoms with Crippen molar-refractivity contribution in [1.29, 1.82) is 0 Å². The van der Waals surface area contributed by atoms with Gasteiger partial charge in [0.1, 0.15) is 0 Å². The first kappa shape index (κ1) is 14.0. The van der Waals surface area contributed by atoms with E-state index in [-0.39, 0.29) is 0 Å². The highest BCUT2D eigenvalue weighted by atomic mass is 32.2. The molecule has 2 aliphatic rings. The minimum Gasteiger partial charge on any atom is -0.328 e. The van der Waals surface area contributed by atoms with E-state index in [9.17, 15) is 8.42 Å². The lowest BCUT2D eigenvalue weighted by atomic mass is 9.87. The van der Waals surface area contributed by atoms with Crippen molar-refractivity contribution in [2.24, 2.45) is 11.7 Å². The Morgan fingerprint density at radius 1 is 1.28 bits per heavy atom.